The van der Waals surface area contributed by atoms with Crippen LogP contribution in [0.4, 0.5) is 0 Å². The van der Waals surface area contributed by atoms with E-state index in [0.29, 0.717) is 11.1 Å². The molecule has 1 aromatic heterocycles. The Morgan fingerprint density at radius 2 is 1.78 bits per heavy atom. The summed E-state index contributed by atoms with van der Waals surface area (Å²) in [5.41, 5.74) is 3.64. The molecule has 134 valence electrons. The summed E-state index contributed by atoms with van der Waals surface area (Å²) in [6.07, 6.45) is 1.56. The van der Waals surface area contributed by atoms with Crippen LogP contribution in [0.25, 0.3) is 5.69 Å². The Hall–Kier alpha value is -3.65. The molecule has 0 aliphatic heterocycles. The van der Waals surface area contributed by atoms with Crippen LogP contribution < -0.4 is 5.32 Å². The lowest BCUT2D eigenvalue weighted by Gasteiger charge is -2.05. The molecule has 0 fully saturated rings. The minimum Gasteiger partial charge on any atom is -0.341 e. The van der Waals surface area contributed by atoms with Crippen molar-refractivity contribution in [3.63, 3.8) is 0 Å². The monoisotopic (exact) mass is 357 g/mol. The summed E-state index contributed by atoms with van der Waals surface area (Å²) in [6, 6.07) is 16.7. The van der Waals surface area contributed by atoms with Crippen molar-refractivity contribution >= 4 is 11.7 Å². The largest absolute Gasteiger partial charge is 0.341 e. The van der Waals surface area contributed by atoms with Gasteiger partial charge in [0.15, 0.2) is 5.78 Å². The molecule has 0 radical (unpaired) electrons. The van der Waals surface area contributed by atoms with Gasteiger partial charge in [-0.25, -0.2) is 4.68 Å². The highest BCUT2D eigenvalue weighted by molar-refractivity contribution is 5.95. The molecule has 5 nitrogen and oxygen atoms in total. The zero-order valence-electron chi connectivity index (χ0n) is 15.2. The van der Waals surface area contributed by atoms with Crippen molar-refractivity contribution in [1.29, 1.82) is 0 Å². The third kappa shape index (κ3) is 4.31. The van der Waals surface area contributed by atoms with Gasteiger partial charge in [0.2, 0.25) is 0 Å². The molecule has 0 saturated heterocycles. The van der Waals surface area contributed by atoms with Crippen LogP contribution in [0, 0.1) is 18.8 Å². The fourth-order valence-corrected chi connectivity index (χ4v) is 2.62. The predicted octanol–water partition coefficient (Wildman–Crippen LogP) is 3.16. The summed E-state index contributed by atoms with van der Waals surface area (Å²) in [5, 5.41) is 7.08. The Bertz CT molecular complexity index is 1020. The quantitative estimate of drug-likeness (QED) is 0.576. The number of hydrogen-bond donors (Lipinski definition) is 1. The van der Waals surface area contributed by atoms with Crippen LogP contribution in [0.1, 0.15) is 38.9 Å². The second-order valence-corrected chi connectivity index (χ2v) is 6.01. The maximum absolute atomic E-state index is 12.4. The van der Waals surface area contributed by atoms with Gasteiger partial charge in [0, 0.05) is 11.1 Å². The number of Topliss-reactive ketones (excluding diaryl/α,β-unsaturated/α-hetero) is 1. The number of carbonyl (C=O) groups is 2. The molecule has 0 aliphatic rings. The molecular weight excluding hydrogens is 338 g/mol. The van der Waals surface area contributed by atoms with E-state index < -0.39 is 0 Å². The van der Waals surface area contributed by atoms with Gasteiger partial charge >= 0.3 is 0 Å². The molecular formula is C22H19N3O2. The molecule has 0 atom stereocenters. The lowest BCUT2D eigenvalue weighted by atomic mass is 10.1. The fourth-order valence-electron chi connectivity index (χ4n) is 2.62. The van der Waals surface area contributed by atoms with Crippen molar-refractivity contribution in [3.05, 3.63) is 83.2 Å². The second kappa shape index (κ2) is 8.15. The molecule has 5 heteroatoms. The van der Waals surface area contributed by atoms with E-state index in [1.165, 1.54) is 6.92 Å². The summed E-state index contributed by atoms with van der Waals surface area (Å²) >= 11 is 0. The maximum atomic E-state index is 12.4. The highest BCUT2D eigenvalue weighted by Crippen LogP contribution is 2.13. The van der Waals surface area contributed by atoms with E-state index in [9.17, 15) is 9.59 Å². The Morgan fingerprint density at radius 1 is 1.07 bits per heavy atom. The molecule has 2 aromatic carbocycles. The number of para-hydroxylation sites is 1. The van der Waals surface area contributed by atoms with Crippen LogP contribution >= 0.6 is 0 Å². The first-order chi connectivity index (χ1) is 13.1. The first-order valence-corrected chi connectivity index (χ1v) is 8.54. The third-order valence-electron chi connectivity index (χ3n) is 4.12. The Balaban J connectivity index is 1.62. The van der Waals surface area contributed by atoms with Gasteiger partial charge in [-0.3, -0.25) is 9.59 Å². The third-order valence-corrected chi connectivity index (χ3v) is 4.12. The van der Waals surface area contributed by atoms with E-state index in [-0.39, 0.29) is 18.2 Å². The summed E-state index contributed by atoms with van der Waals surface area (Å²) in [7, 11) is 0. The predicted molar refractivity (Wildman–Crippen MR) is 104 cm³/mol. The number of carbonyl (C=O) groups excluding carboxylic acids is 2. The van der Waals surface area contributed by atoms with Crippen LogP contribution in [0.5, 0.6) is 0 Å². The molecule has 1 N–H and O–H groups in total. The Labute approximate surface area is 158 Å². The SMILES string of the molecule is CC(=O)c1ccc(C#CCNC(=O)c2cnn(-c3ccccc3)c2C)cc1. The summed E-state index contributed by atoms with van der Waals surface area (Å²) in [6.45, 7) is 3.61. The Kier molecular flexibility index (Phi) is 5.48. The van der Waals surface area contributed by atoms with Crippen molar-refractivity contribution in [2.75, 3.05) is 6.54 Å². The van der Waals surface area contributed by atoms with E-state index in [1.54, 1.807) is 35.1 Å². The first kappa shape index (κ1) is 18.2. The molecule has 27 heavy (non-hydrogen) atoms. The zero-order chi connectivity index (χ0) is 19.2. The van der Waals surface area contributed by atoms with Gasteiger partial charge in [-0.15, -0.1) is 0 Å². The number of benzene rings is 2. The first-order valence-electron chi connectivity index (χ1n) is 8.54. The van der Waals surface area contributed by atoms with Crippen molar-refractivity contribution in [1.82, 2.24) is 15.1 Å². The van der Waals surface area contributed by atoms with Crippen molar-refractivity contribution in [2.45, 2.75) is 13.8 Å². The van der Waals surface area contributed by atoms with E-state index in [2.05, 4.69) is 22.3 Å². The smallest absolute Gasteiger partial charge is 0.255 e. The summed E-state index contributed by atoms with van der Waals surface area (Å²) < 4.78 is 1.73. The van der Waals surface area contributed by atoms with Gasteiger partial charge in [0.05, 0.1) is 29.7 Å². The minimum atomic E-state index is -0.212. The van der Waals surface area contributed by atoms with Gasteiger partial charge < -0.3 is 5.32 Å². The maximum Gasteiger partial charge on any atom is 0.255 e. The lowest BCUT2D eigenvalue weighted by Crippen LogP contribution is -2.24. The summed E-state index contributed by atoms with van der Waals surface area (Å²) in [5.74, 6) is 5.69. The van der Waals surface area contributed by atoms with E-state index in [1.807, 2.05) is 37.3 Å². The van der Waals surface area contributed by atoms with E-state index >= 15 is 0 Å². The zero-order valence-corrected chi connectivity index (χ0v) is 15.2. The van der Waals surface area contributed by atoms with Crippen LogP contribution in [0.3, 0.4) is 0 Å². The molecule has 1 amide bonds. The average Bonchev–Trinajstić information content (AvgIpc) is 3.07. The molecule has 0 bridgehead atoms. The molecule has 1 heterocycles. The van der Waals surface area contributed by atoms with Gasteiger partial charge in [-0.2, -0.15) is 5.10 Å². The number of nitrogens with one attached hydrogen (secondary N) is 1. The van der Waals surface area contributed by atoms with E-state index in [0.717, 1.165) is 16.9 Å². The summed E-state index contributed by atoms with van der Waals surface area (Å²) in [4.78, 5) is 23.6. The second-order valence-electron chi connectivity index (χ2n) is 6.01. The van der Waals surface area contributed by atoms with Crippen LogP contribution in [-0.4, -0.2) is 28.0 Å². The van der Waals surface area contributed by atoms with Crippen LogP contribution in [0.2, 0.25) is 0 Å². The average molecular weight is 357 g/mol. The molecule has 3 rings (SSSR count). The molecule has 0 spiro atoms. The normalized spacial score (nSPS) is 10.0. The van der Waals surface area contributed by atoms with Crippen molar-refractivity contribution < 1.29 is 9.59 Å². The molecule has 0 saturated carbocycles. The molecule has 3 aromatic rings. The number of rotatable bonds is 4. The highest BCUT2D eigenvalue weighted by Gasteiger charge is 2.14. The topological polar surface area (TPSA) is 64.0 Å². The van der Waals surface area contributed by atoms with Crippen LogP contribution in [0.15, 0.2) is 60.8 Å². The molecule has 0 unspecified atom stereocenters. The van der Waals surface area contributed by atoms with Crippen LogP contribution in [-0.2, 0) is 0 Å². The number of amides is 1. The lowest BCUT2D eigenvalue weighted by molar-refractivity contribution is 0.0957. The van der Waals surface area contributed by atoms with Gasteiger partial charge in [0.1, 0.15) is 0 Å². The van der Waals surface area contributed by atoms with E-state index in [4.69, 9.17) is 0 Å². The molecule has 0 aliphatic carbocycles. The van der Waals surface area contributed by atoms with Crippen molar-refractivity contribution in [3.8, 4) is 17.5 Å². The Morgan fingerprint density at radius 3 is 2.44 bits per heavy atom. The number of ketones is 1. The van der Waals surface area contributed by atoms with Gasteiger partial charge in [0.25, 0.3) is 5.91 Å². The minimum absolute atomic E-state index is 0.0215. The fraction of sp³-hybridized carbons (Fsp3) is 0.136. The number of nitrogens with zero attached hydrogens (tertiary/aromatic N) is 2. The highest BCUT2D eigenvalue weighted by atomic mass is 16.1. The van der Waals surface area contributed by atoms with Gasteiger partial charge in [-0.05, 0) is 38.1 Å². The standard InChI is InChI=1S/C22H19N3O2/c1-16-21(15-24-25(16)20-8-4-3-5-9-20)22(27)23-14-6-7-18-10-12-19(13-11-18)17(2)26/h3-5,8-13,15H,14H2,1-2H3,(H,23,27). The van der Waals surface area contributed by atoms with Gasteiger partial charge in [-0.1, -0.05) is 42.2 Å². The number of aromatic nitrogens is 2. The van der Waals surface area contributed by atoms with Crippen molar-refractivity contribution in [2.24, 2.45) is 0 Å². The number of hydrogen-bond acceptors (Lipinski definition) is 3.